The number of nitrogens with one attached hydrogen (secondary N) is 2. The summed E-state index contributed by atoms with van der Waals surface area (Å²) in [6.07, 6.45) is 7.12. The highest BCUT2D eigenvalue weighted by Gasteiger charge is 2.07. The third kappa shape index (κ3) is 6.43. The zero-order chi connectivity index (χ0) is 22.8. The number of aromatic nitrogens is 1. The van der Waals surface area contributed by atoms with Gasteiger partial charge in [-0.2, -0.15) is 0 Å². The van der Waals surface area contributed by atoms with Crippen LogP contribution in [-0.4, -0.2) is 30.5 Å². The average molecular weight is 431 g/mol. The highest BCUT2D eigenvalue weighted by atomic mass is 16.5. The maximum atomic E-state index is 12.4. The Bertz CT molecular complexity index is 1100. The quantitative estimate of drug-likeness (QED) is 0.476. The predicted molar refractivity (Wildman–Crippen MR) is 125 cm³/mol. The average Bonchev–Trinajstić information content (AvgIpc) is 2.82. The number of nitrogens with zero attached hydrogens (tertiary/aromatic N) is 1. The van der Waals surface area contributed by atoms with Crippen molar-refractivity contribution in [3.05, 3.63) is 84.2 Å². The first-order chi connectivity index (χ1) is 15.6. The third-order valence-corrected chi connectivity index (χ3v) is 4.39. The smallest absolute Gasteiger partial charge is 0.257 e. The molecule has 2 aromatic carbocycles. The molecule has 0 aliphatic heterocycles. The summed E-state index contributed by atoms with van der Waals surface area (Å²) in [7, 11) is 1.58. The maximum absolute atomic E-state index is 12.4. The van der Waals surface area contributed by atoms with E-state index in [2.05, 4.69) is 15.6 Å². The molecule has 0 radical (unpaired) electrons. The van der Waals surface area contributed by atoms with E-state index < -0.39 is 0 Å². The first-order valence-electron chi connectivity index (χ1n) is 10.2. The van der Waals surface area contributed by atoms with E-state index in [0.717, 1.165) is 12.0 Å². The number of amides is 2. The van der Waals surface area contributed by atoms with Crippen molar-refractivity contribution in [3.8, 4) is 11.5 Å². The van der Waals surface area contributed by atoms with Gasteiger partial charge in [-0.15, -0.1) is 0 Å². The third-order valence-electron chi connectivity index (χ3n) is 4.39. The maximum Gasteiger partial charge on any atom is 0.257 e. The summed E-state index contributed by atoms with van der Waals surface area (Å²) in [5.41, 5.74) is 2.38. The second-order valence-electron chi connectivity index (χ2n) is 6.86. The van der Waals surface area contributed by atoms with Gasteiger partial charge in [0.1, 0.15) is 0 Å². The summed E-state index contributed by atoms with van der Waals surface area (Å²) in [6, 6.07) is 15.8. The van der Waals surface area contributed by atoms with Crippen LogP contribution in [0.3, 0.4) is 0 Å². The van der Waals surface area contributed by atoms with Crippen molar-refractivity contribution in [2.24, 2.45) is 0 Å². The Balaban J connectivity index is 1.62. The fourth-order valence-corrected chi connectivity index (χ4v) is 2.85. The number of hydrogen-bond donors (Lipinski definition) is 2. The molecular formula is C25H25N3O4. The van der Waals surface area contributed by atoms with E-state index in [4.69, 9.17) is 9.47 Å². The van der Waals surface area contributed by atoms with E-state index in [1.807, 2.05) is 25.1 Å². The molecule has 164 valence electrons. The Morgan fingerprint density at radius 1 is 1.00 bits per heavy atom. The molecule has 0 unspecified atom stereocenters. The standard InChI is InChI=1S/C25H25N3O4/c1-3-14-32-22-11-9-18(15-23(22)31-2)10-12-24(29)27-20-7-4-8-21(16-20)28-25(30)19-6-5-13-26-17-19/h4-13,15-17H,3,14H2,1-2H3,(H,27,29)(H,28,30)/b12-10+. The van der Waals surface area contributed by atoms with Crippen LogP contribution in [0.25, 0.3) is 6.08 Å². The van der Waals surface area contributed by atoms with Crippen molar-refractivity contribution in [1.82, 2.24) is 4.98 Å². The molecule has 1 aromatic heterocycles. The largest absolute Gasteiger partial charge is 0.493 e. The summed E-state index contributed by atoms with van der Waals surface area (Å²) in [4.78, 5) is 28.6. The van der Waals surface area contributed by atoms with E-state index in [0.29, 0.717) is 35.0 Å². The lowest BCUT2D eigenvalue weighted by molar-refractivity contribution is -0.111. The van der Waals surface area contributed by atoms with Gasteiger partial charge in [0.2, 0.25) is 5.91 Å². The summed E-state index contributed by atoms with van der Waals surface area (Å²) < 4.78 is 11.0. The fourth-order valence-electron chi connectivity index (χ4n) is 2.85. The van der Waals surface area contributed by atoms with Crippen LogP contribution in [0.2, 0.25) is 0 Å². The van der Waals surface area contributed by atoms with E-state index in [9.17, 15) is 9.59 Å². The van der Waals surface area contributed by atoms with Crippen LogP contribution in [0.1, 0.15) is 29.3 Å². The van der Waals surface area contributed by atoms with Crippen molar-refractivity contribution < 1.29 is 19.1 Å². The lowest BCUT2D eigenvalue weighted by atomic mass is 10.2. The number of carbonyl (C=O) groups is 2. The molecule has 0 aliphatic carbocycles. The molecule has 3 rings (SSSR count). The van der Waals surface area contributed by atoms with Gasteiger partial charge in [-0.25, -0.2) is 0 Å². The Hall–Kier alpha value is -4.13. The minimum atomic E-state index is -0.300. The first-order valence-corrected chi connectivity index (χ1v) is 10.2. The highest BCUT2D eigenvalue weighted by Crippen LogP contribution is 2.28. The SMILES string of the molecule is CCCOc1ccc(/C=C/C(=O)Nc2cccc(NC(=O)c3cccnc3)c2)cc1OC. The topological polar surface area (TPSA) is 89.6 Å². The predicted octanol–water partition coefficient (Wildman–Crippen LogP) is 4.78. The molecule has 0 saturated carbocycles. The molecule has 1 heterocycles. The van der Waals surface area contributed by atoms with E-state index in [-0.39, 0.29) is 11.8 Å². The van der Waals surface area contributed by atoms with Crippen LogP contribution in [0.4, 0.5) is 11.4 Å². The minimum Gasteiger partial charge on any atom is -0.493 e. The fraction of sp³-hybridized carbons (Fsp3) is 0.160. The molecule has 0 bridgehead atoms. The molecule has 32 heavy (non-hydrogen) atoms. The number of rotatable bonds is 9. The van der Waals surface area contributed by atoms with Crippen LogP contribution >= 0.6 is 0 Å². The lowest BCUT2D eigenvalue weighted by Gasteiger charge is -2.10. The molecule has 3 aromatic rings. The van der Waals surface area contributed by atoms with Gasteiger partial charge in [0.05, 0.1) is 19.3 Å². The normalized spacial score (nSPS) is 10.6. The Morgan fingerprint density at radius 2 is 1.81 bits per heavy atom. The van der Waals surface area contributed by atoms with Crippen molar-refractivity contribution in [2.45, 2.75) is 13.3 Å². The van der Waals surface area contributed by atoms with Gasteiger partial charge in [0, 0.05) is 29.8 Å². The van der Waals surface area contributed by atoms with Crippen molar-refractivity contribution in [1.29, 1.82) is 0 Å². The molecule has 7 heteroatoms. The van der Waals surface area contributed by atoms with Gasteiger partial charge in [-0.1, -0.05) is 19.1 Å². The van der Waals surface area contributed by atoms with Gasteiger partial charge in [0.15, 0.2) is 11.5 Å². The summed E-state index contributed by atoms with van der Waals surface area (Å²) in [5, 5.41) is 5.58. The first kappa shape index (κ1) is 22.6. The highest BCUT2D eigenvalue weighted by molar-refractivity contribution is 6.05. The Kier molecular flexibility index (Phi) is 7.97. The van der Waals surface area contributed by atoms with Gasteiger partial charge in [-0.3, -0.25) is 14.6 Å². The monoisotopic (exact) mass is 431 g/mol. The van der Waals surface area contributed by atoms with Crippen molar-refractivity contribution >= 4 is 29.3 Å². The molecule has 0 fully saturated rings. The molecule has 7 nitrogen and oxygen atoms in total. The second kappa shape index (κ2) is 11.3. The number of hydrogen-bond acceptors (Lipinski definition) is 5. The number of pyridine rings is 1. The van der Waals surface area contributed by atoms with Gasteiger partial charge >= 0.3 is 0 Å². The van der Waals surface area contributed by atoms with Crippen LogP contribution in [0, 0.1) is 0 Å². The number of benzene rings is 2. The van der Waals surface area contributed by atoms with E-state index in [1.165, 1.54) is 12.3 Å². The molecule has 0 aliphatic rings. The lowest BCUT2D eigenvalue weighted by Crippen LogP contribution is -2.13. The number of carbonyl (C=O) groups excluding carboxylic acids is 2. The Morgan fingerprint density at radius 3 is 2.53 bits per heavy atom. The molecule has 2 N–H and O–H groups in total. The Labute approximate surface area is 187 Å². The zero-order valence-electron chi connectivity index (χ0n) is 18.0. The van der Waals surface area contributed by atoms with Crippen LogP contribution < -0.4 is 20.1 Å². The molecule has 0 saturated heterocycles. The molecule has 0 atom stereocenters. The van der Waals surface area contributed by atoms with Crippen LogP contribution in [0.5, 0.6) is 11.5 Å². The van der Waals surface area contributed by atoms with Crippen LogP contribution in [-0.2, 0) is 4.79 Å². The van der Waals surface area contributed by atoms with Crippen LogP contribution in [0.15, 0.2) is 73.1 Å². The van der Waals surface area contributed by atoms with E-state index >= 15 is 0 Å². The summed E-state index contributed by atoms with van der Waals surface area (Å²) in [6.45, 7) is 2.64. The van der Waals surface area contributed by atoms with Gasteiger partial charge in [0.25, 0.3) is 5.91 Å². The van der Waals surface area contributed by atoms with E-state index in [1.54, 1.807) is 55.8 Å². The van der Waals surface area contributed by atoms with Crippen molar-refractivity contribution in [2.75, 3.05) is 24.4 Å². The molecular weight excluding hydrogens is 406 g/mol. The zero-order valence-corrected chi connectivity index (χ0v) is 18.0. The number of anilines is 2. The number of methoxy groups -OCH3 is 1. The van der Waals surface area contributed by atoms with Gasteiger partial charge < -0.3 is 20.1 Å². The summed E-state index contributed by atoms with van der Waals surface area (Å²) >= 11 is 0. The summed E-state index contributed by atoms with van der Waals surface area (Å²) in [5.74, 6) is 0.701. The minimum absolute atomic E-state index is 0.276. The molecule has 2 amide bonds. The van der Waals surface area contributed by atoms with Gasteiger partial charge in [-0.05, 0) is 60.5 Å². The molecule has 0 spiro atoms. The van der Waals surface area contributed by atoms with Crippen molar-refractivity contribution in [3.63, 3.8) is 0 Å². The second-order valence-corrected chi connectivity index (χ2v) is 6.86. The number of ether oxygens (including phenoxy) is 2.